The maximum Gasteiger partial charge on any atom is 0.278 e. The van der Waals surface area contributed by atoms with Crippen molar-refractivity contribution in [3.05, 3.63) is 71.3 Å². The number of benzene rings is 2. The molecule has 1 N–H and O–H groups in total. The van der Waals surface area contributed by atoms with Gasteiger partial charge in [0.2, 0.25) is 0 Å². The van der Waals surface area contributed by atoms with Crippen molar-refractivity contribution in [1.29, 1.82) is 0 Å². The molecule has 1 aliphatic carbocycles. The normalized spacial score (nSPS) is 17.4. The number of nitrogens with zero attached hydrogens (tertiary/aromatic N) is 5. The Kier molecular flexibility index (Phi) is 5.71. The van der Waals surface area contributed by atoms with E-state index in [1.54, 1.807) is 16.8 Å². The standard InChI is InChI=1S/C24H27FN6O/c1-29-10-12-30(13-11-29)16-17-4-2-6-20(14-17)26-24(32)22-23(18-8-9-18)31(28-27-22)21-7-3-5-19(25)15-21/h2-7,14-15,18H,8-13,16H2,1H3,(H,26,32). The van der Waals surface area contributed by atoms with Gasteiger partial charge in [0.1, 0.15) is 5.82 Å². The predicted molar refractivity (Wildman–Crippen MR) is 120 cm³/mol. The second-order valence-electron chi connectivity index (χ2n) is 8.72. The number of rotatable bonds is 6. The zero-order valence-corrected chi connectivity index (χ0v) is 18.2. The van der Waals surface area contributed by atoms with Gasteiger partial charge in [0.05, 0.1) is 11.4 Å². The summed E-state index contributed by atoms with van der Waals surface area (Å²) in [5.41, 5.74) is 3.54. The molecular weight excluding hydrogens is 407 g/mol. The van der Waals surface area contributed by atoms with E-state index in [2.05, 4.69) is 38.5 Å². The van der Waals surface area contributed by atoms with E-state index in [4.69, 9.17) is 0 Å². The lowest BCUT2D eigenvalue weighted by molar-refractivity contribution is 0.102. The predicted octanol–water partition coefficient (Wildman–Crippen LogP) is 3.28. The first kappa shape index (κ1) is 20.8. The van der Waals surface area contributed by atoms with Gasteiger partial charge < -0.3 is 10.2 Å². The summed E-state index contributed by atoms with van der Waals surface area (Å²) in [5.74, 6) is -0.410. The molecule has 1 aliphatic heterocycles. The molecule has 2 aromatic carbocycles. The highest BCUT2D eigenvalue weighted by molar-refractivity contribution is 6.03. The molecule has 0 spiro atoms. The van der Waals surface area contributed by atoms with Crippen LogP contribution in [0.4, 0.5) is 10.1 Å². The highest BCUT2D eigenvalue weighted by Gasteiger charge is 2.34. The average Bonchev–Trinajstić information content (AvgIpc) is 3.53. The maximum atomic E-state index is 13.7. The molecule has 166 valence electrons. The van der Waals surface area contributed by atoms with Gasteiger partial charge in [0.25, 0.3) is 5.91 Å². The van der Waals surface area contributed by atoms with E-state index < -0.39 is 0 Å². The second kappa shape index (κ2) is 8.80. The van der Waals surface area contributed by atoms with Crippen LogP contribution in [0.2, 0.25) is 0 Å². The number of anilines is 1. The van der Waals surface area contributed by atoms with Crippen LogP contribution in [0.5, 0.6) is 0 Å². The Labute approximate surface area is 186 Å². The lowest BCUT2D eigenvalue weighted by Crippen LogP contribution is -2.43. The van der Waals surface area contributed by atoms with Crippen molar-refractivity contribution in [3.8, 4) is 5.69 Å². The monoisotopic (exact) mass is 434 g/mol. The van der Waals surface area contributed by atoms with Crippen molar-refractivity contribution >= 4 is 11.6 Å². The molecule has 1 saturated heterocycles. The van der Waals surface area contributed by atoms with Crippen molar-refractivity contribution in [3.63, 3.8) is 0 Å². The minimum atomic E-state index is -0.345. The van der Waals surface area contributed by atoms with Gasteiger partial charge in [-0.15, -0.1) is 5.10 Å². The van der Waals surface area contributed by atoms with E-state index in [1.807, 2.05) is 18.2 Å². The van der Waals surface area contributed by atoms with Crippen LogP contribution in [0.25, 0.3) is 5.69 Å². The summed E-state index contributed by atoms with van der Waals surface area (Å²) < 4.78 is 15.3. The number of aromatic nitrogens is 3. The topological polar surface area (TPSA) is 66.3 Å². The molecule has 0 radical (unpaired) electrons. The van der Waals surface area contributed by atoms with Gasteiger partial charge in [-0.3, -0.25) is 9.69 Å². The first-order valence-electron chi connectivity index (χ1n) is 11.1. The van der Waals surface area contributed by atoms with Gasteiger partial charge in [-0.2, -0.15) is 0 Å². The van der Waals surface area contributed by atoms with E-state index in [1.165, 1.54) is 12.1 Å². The zero-order valence-electron chi connectivity index (χ0n) is 18.2. The molecule has 0 bridgehead atoms. The Bertz CT molecular complexity index is 1120. The van der Waals surface area contributed by atoms with E-state index in [9.17, 15) is 9.18 Å². The number of carbonyl (C=O) groups excluding carboxylic acids is 1. The van der Waals surface area contributed by atoms with E-state index in [0.717, 1.165) is 62.5 Å². The molecular formula is C24H27FN6O. The smallest absolute Gasteiger partial charge is 0.278 e. The van der Waals surface area contributed by atoms with Gasteiger partial charge in [-0.25, -0.2) is 9.07 Å². The number of hydrogen-bond acceptors (Lipinski definition) is 5. The zero-order chi connectivity index (χ0) is 22.1. The fourth-order valence-electron chi connectivity index (χ4n) is 4.17. The quantitative estimate of drug-likeness (QED) is 0.645. The Balaban J connectivity index is 1.33. The van der Waals surface area contributed by atoms with E-state index in [-0.39, 0.29) is 17.6 Å². The third-order valence-corrected chi connectivity index (χ3v) is 6.12. The number of likely N-dealkylation sites (N-methyl/N-ethyl adjacent to an activating group) is 1. The molecule has 0 atom stereocenters. The van der Waals surface area contributed by atoms with Crippen LogP contribution in [0.3, 0.4) is 0 Å². The van der Waals surface area contributed by atoms with Gasteiger partial charge in [-0.1, -0.05) is 23.4 Å². The third-order valence-electron chi connectivity index (χ3n) is 6.12. The highest BCUT2D eigenvalue weighted by Crippen LogP contribution is 2.42. The van der Waals surface area contributed by atoms with E-state index >= 15 is 0 Å². The summed E-state index contributed by atoms with van der Waals surface area (Å²) in [6.45, 7) is 5.09. The Hall–Kier alpha value is -3.10. The second-order valence-corrected chi connectivity index (χ2v) is 8.72. The molecule has 1 amide bonds. The number of nitrogens with one attached hydrogen (secondary N) is 1. The minimum Gasteiger partial charge on any atom is -0.321 e. The molecule has 2 aliphatic rings. The maximum absolute atomic E-state index is 13.7. The van der Waals surface area contributed by atoms with Crippen LogP contribution in [-0.2, 0) is 6.54 Å². The third kappa shape index (κ3) is 4.56. The fraction of sp³-hybridized carbons (Fsp3) is 0.375. The lowest BCUT2D eigenvalue weighted by atomic mass is 10.1. The fourth-order valence-corrected chi connectivity index (χ4v) is 4.17. The largest absolute Gasteiger partial charge is 0.321 e. The molecule has 7 nitrogen and oxygen atoms in total. The summed E-state index contributed by atoms with van der Waals surface area (Å²) in [6, 6.07) is 14.2. The number of piperazine rings is 1. The van der Waals surface area contributed by atoms with Gasteiger partial charge >= 0.3 is 0 Å². The van der Waals surface area contributed by atoms with Gasteiger partial charge in [-0.05, 0) is 55.8 Å². The molecule has 3 aromatic rings. The van der Waals surface area contributed by atoms with Crippen LogP contribution in [-0.4, -0.2) is 63.9 Å². The Morgan fingerprint density at radius 1 is 1.09 bits per heavy atom. The van der Waals surface area contributed by atoms with Crippen LogP contribution >= 0.6 is 0 Å². The van der Waals surface area contributed by atoms with Crippen LogP contribution in [0.15, 0.2) is 48.5 Å². The van der Waals surface area contributed by atoms with Crippen molar-refractivity contribution in [2.45, 2.75) is 25.3 Å². The number of halogens is 1. The molecule has 0 unspecified atom stereocenters. The summed E-state index contributed by atoms with van der Waals surface area (Å²) in [7, 11) is 2.15. The Morgan fingerprint density at radius 3 is 2.62 bits per heavy atom. The van der Waals surface area contributed by atoms with Crippen molar-refractivity contribution in [2.24, 2.45) is 0 Å². The van der Waals surface area contributed by atoms with Crippen LogP contribution in [0, 0.1) is 5.82 Å². The first-order valence-corrected chi connectivity index (χ1v) is 11.1. The summed E-state index contributed by atoms with van der Waals surface area (Å²) in [5, 5.41) is 11.3. The molecule has 8 heteroatoms. The average molecular weight is 435 g/mol. The van der Waals surface area contributed by atoms with Crippen LogP contribution in [0.1, 0.15) is 40.5 Å². The Morgan fingerprint density at radius 2 is 1.88 bits per heavy atom. The molecule has 1 saturated carbocycles. The van der Waals surface area contributed by atoms with Gasteiger partial charge in [0, 0.05) is 44.3 Å². The first-order chi connectivity index (χ1) is 15.6. The minimum absolute atomic E-state index is 0.220. The molecule has 1 aromatic heterocycles. The molecule has 32 heavy (non-hydrogen) atoms. The number of hydrogen-bond donors (Lipinski definition) is 1. The summed E-state index contributed by atoms with van der Waals surface area (Å²) in [4.78, 5) is 17.9. The molecule has 2 fully saturated rings. The summed E-state index contributed by atoms with van der Waals surface area (Å²) in [6.07, 6.45) is 1.95. The molecule has 5 rings (SSSR count). The van der Waals surface area contributed by atoms with Crippen LogP contribution < -0.4 is 5.32 Å². The highest BCUT2D eigenvalue weighted by atomic mass is 19.1. The van der Waals surface area contributed by atoms with Crippen molar-refractivity contribution in [1.82, 2.24) is 24.8 Å². The SMILES string of the molecule is CN1CCN(Cc2cccc(NC(=O)c3nnn(-c4cccc(F)c4)c3C3CC3)c2)CC1. The van der Waals surface area contributed by atoms with Crippen molar-refractivity contribution < 1.29 is 9.18 Å². The lowest BCUT2D eigenvalue weighted by Gasteiger charge is -2.32. The van der Waals surface area contributed by atoms with E-state index in [0.29, 0.717) is 11.4 Å². The van der Waals surface area contributed by atoms with Crippen molar-refractivity contribution in [2.75, 3.05) is 38.5 Å². The molecule has 2 heterocycles. The summed E-state index contributed by atoms with van der Waals surface area (Å²) >= 11 is 0. The number of carbonyl (C=O) groups is 1. The number of amides is 1. The van der Waals surface area contributed by atoms with Gasteiger partial charge in [0.15, 0.2) is 5.69 Å².